The van der Waals surface area contributed by atoms with Crippen LogP contribution in [0.1, 0.15) is 0 Å². The summed E-state index contributed by atoms with van der Waals surface area (Å²) in [6.07, 6.45) is 1.76. The lowest BCUT2D eigenvalue weighted by Crippen LogP contribution is -1.89. The van der Waals surface area contributed by atoms with Crippen LogP contribution in [-0.2, 0) is 0 Å². The minimum Gasteiger partial charge on any atom is -0.332 e. The molecule has 0 bridgehead atoms. The number of aromatic nitrogens is 2. The highest BCUT2D eigenvalue weighted by Crippen LogP contribution is 2.26. The molecule has 0 aliphatic carbocycles. The van der Waals surface area contributed by atoms with Crippen LogP contribution in [0.4, 0.5) is 10.8 Å². The van der Waals surface area contributed by atoms with Crippen molar-refractivity contribution in [3.05, 3.63) is 59.1 Å². The van der Waals surface area contributed by atoms with Crippen molar-refractivity contribution >= 4 is 33.8 Å². The number of nitrogens with one attached hydrogen (secondary N) is 1. The third-order valence-electron chi connectivity index (χ3n) is 2.53. The summed E-state index contributed by atoms with van der Waals surface area (Å²) < 4.78 is 0. The first-order valence-electron chi connectivity index (χ1n) is 5.71. The smallest absolute Gasteiger partial charge is 0.187 e. The van der Waals surface area contributed by atoms with Crippen molar-refractivity contribution in [1.29, 1.82) is 0 Å². The van der Waals surface area contributed by atoms with Gasteiger partial charge in [0.25, 0.3) is 0 Å². The number of anilines is 2. The summed E-state index contributed by atoms with van der Waals surface area (Å²) in [5.74, 6) is 0. The molecule has 2 heterocycles. The van der Waals surface area contributed by atoms with E-state index in [9.17, 15) is 0 Å². The second kappa shape index (κ2) is 5.38. The summed E-state index contributed by atoms with van der Waals surface area (Å²) in [7, 11) is 0. The Hall–Kier alpha value is -1.91. The Morgan fingerprint density at radius 1 is 1.00 bits per heavy atom. The molecule has 1 aromatic carbocycles. The second-order valence-electron chi connectivity index (χ2n) is 3.88. The predicted molar refractivity (Wildman–Crippen MR) is 80.1 cm³/mol. The fraction of sp³-hybridized carbons (Fsp3) is 0. The largest absolute Gasteiger partial charge is 0.332 e. The molecular weight excluding hydrogens is 278 g/mol. The van der Waals surface area contributed by atoms with Crippen molar-refractivity contribution in [2.45, 2.75) is 0 Å². The zero-order chi connectivity index (χ0) is 13.1. The van der Waals surface area contributed by atoms with Crippen LogP contribution in [-0.4, -0.2) is 9.97 Å². The molecular formula is C14H10ClN3S. The molecule has 0 spiro atoms. The van der Waals surface area contributed by atoms with E-state index in [0.29, 0.717) is 0 Å². The molecule has 0 saturated carbocycles. The Bertz CT molecular complexity index is 665. The Kier molecular flexibility index (Phi) is 3.44. The number of thiazole rings is 1. The van der Waals surface area contributed by atoms with Crippen LogP contribution in [0.15, 0.2) is 54.0 Å². The van der Waals surface area contributed by atoms with E-state index in [4.69, 9.17) is 11.6 Å². The summed E-state index contributed by atoms with van der Waals surface area (Å²) in [6, 6.07) is 13.3. The van der Waals surface area contributed by atoms with Crippen molar-refractivity contribution in [3.8, 4) is 11.4 Å². The molecule has 1 N–H and O–H groups in total. The molecule has 0 amide bonds. The number of nitrogens with zero attached hydrogens (tertiary/aromatic N) is 2. The van der Waals surface area contributed by atoms with Gasteiger partial charge in [0.1, 0.15) is 5.69 Å². The van der Waals surface area contributed by atoms with Gasteiger partial charge in [-0.2, -0.15) is 0 Å². The molecule has 19 heavy (non-hydrogen) atoms. The Balaban J connectivity index is 1.80. The molecule has 0 fully saturated rings. The van der Waals surface area contributed by atoms with Gasteiger partial charge in [-0.3, -0.25) is 4.98 Å². The van der Waals surface area contributed by atoms with Gasteiger partial charge >= 0.3 is 0 Å². The summed E-state index contributed by atoms with van der Waals surface area (Å²) in [5.41, 5.74) is 2.72. The van der Waals surface area contributed by atoms with E-state index in [1.54, 1.807) is 17.5 Å². The lowest BCUT2D eigenvalue weighted by atomic mass is 10.3. The average molecular weight is 288 g/mol. The van der Waals surface area contributed by atoms with E-state index < -0.39 is 0 Å². The Labute approximate surface area is 119 Å². The van der Waals surface area contributed by atoms with Gasteiger partial charge in [-0.05, 0) is 36.4 Å². The molecule has 94 valence electrons. The maximum absolute atomic E-state index is 5.85. The van der Waals surface area contributed by atoms with Crippen LogP contribution in [0.5, 0.6) is 0 Å². The fourth-order valence-electron chi connectivity index (χ4n) is 1.62. The summed E-state index contributed by atoms with van der Waals surface area (Å²) in [4.78, 5) is 8.79. The third kappa shape index (κ3) is 2.92. The van der Waals surface area contributed by atoms with E-state index in [2.05, 4.69) is 15.3 Å². The van der Waals surface area contributed by atoms with Gasteiger partial charge < -0.3 is 5.32 Å². The number of rotatable bonds is 3. The van der Waals surface area contributed by atoms with Crippen LogP contribution in [0.3, 0.4) is 0 Å². The standard InChI is InChI=1S/C14H10ClN3S/c15-10-4-6-11(7-5-10)17-14-18-13(9-19-14)12-3-1-2-8-16-12/h1-9H,(H,17,18). The van der Waals surface area contributed by atoms with Gasteiger partial charge in [0, 0.05) is 22.3 Å². The highest BCUT2D eigenvalue weighted by atomic mass is 35.5. The van der Waals surface area contributed by atoms with Gasteiger partial charge in [-0.1, -0.05) is 17.7 Å². The van der Waals surface area contributed by atoms with E-state index in [1.807, 2.05) is 47.8 Å². The number of benzene rings is 1. The molecule has 0 saturated heterocycles. The molecule has 3 rings (SSSR count). The molecule has 0 unspecified atom stereocenters. The molecule has 3 nitrogen and oxygen atoms in total. The van der Waals surface area contributed by atoms with E-state index in [-0.39, 0.29) is 0 Å². The topological polar surface area (TPSA) is 37.8 Å². The fourth-order valence-corrected chi connectivity index (χ4v) is 2.47. The molecule has 0 radical (unpaired) electrons. The SMILES string of the molecule is Clc1ccc(Nc2nc(-c3ccccn3)cs2)cc1. The predicted octanol–water partition coefficient (Wildman–Crippen LogP) is 4.60. The molecule has 3 aromatic rings. The first kappa shape index (κ1) is 12.1. The maximum Gasteiger partial charge on any atom is 0.187 e. The third-order valence-corrected chi connectivity index (χ3v) is 3.54. The molecule has 0 aliphatic rings. The monoisotopic (exact) mass is 287 g/mol. The van der Waals surface area contributed by atoms with Crippen molar-refractivity contribution in [2.24, 2.45) is 0 Å². The van der Waals surface area contributed by atoms with Crippen molar-refractivity contribution in [1.82, 2.24) is 9.97 Å². The van der Waals surface area contributed by atoms with Crippen molar-refractivity contribution < 1.29 is 0 Å². The minimum absolute atomic E-state index is 0.721. The number of hydrogen-bond acceptors (Lipinski definition) is 4. The van der Waals surface area contributed by atoms with Crippen LogP contribution in [0, 0.1) is 0 Å². The van der Waals surface area contributed by atoms with Gasteiger partial charge in [0.05, 0.1) is 5.69 Å². The lowest BCUT2D eigenvalue weighted by molar-refractivity contribution is 1.28. The van der Waals surface area contributed by atoms with Gasteiger partial charge in [0.2, 0.25) is 0 Å². The summed E-state index contributed by atoms with van der Waals surface area (Å²) >= 11 is 7.40. The first-order chi connectivity index (χ1) is 9.31. The number of pyridine rings is 1. The highest BCUT2D eigenvalue weighted by molar-refractivity contribution is 7.14. The Morgan fingerprint density at radius 2 is 1.84 bits per heavy atom. The Morgan fingerprint density at radius 3 is 2.58 bits per heavy atom. The second-order valence-corrected chi connectivity index (χ2v) is 5.18. The van der Waals surface area contributed by atoms with Crippen LogP contribution in [0.2, 0.25) is 5.02 Å². The van der Waals surface area contributed by atoms with Gasteiger partial charge in [-0.15, -0.1) is 11.3 Å². The highest BCUT2D eigenvalue weighted by Gasteiger charge is 2.05. The van der Waals surface area contributed by atoms with E-state index in [0.717, 1.165) is 27.2 Å². The van der Waals surface area contributed by atoms with Gasteiger partial charge in [-0.25, -0.2) is 4.98 Å². The van der Waals surface area contributed by atoms with Crippen LogP contribution >= 0.6 is 22.9 Å². The van der Waals surface area contributed by atoms with Crippen LogP contribution < -0.4 is 5.32 Å². The minimum atomic E-state index is 0.721. The molecule has 0 atom stereocenters. The number of halogens is 1. The molecule has 0 aliphatic heterocycles. The van der Waals surface area contributed by atoms with E-state index >= 15 is 0 Å². The zero-order valence-corrected chi connectivity index (χ0v) is 11.4. The maximum atomic E-state index is 5.85. The number of hydrogen-bond donors (Lipinski definition) is 1. The van der Waals surface area contributed by atoms with Gasteiger partial charge in [0.15, 0.2) is 5.13 Å². The molecule has 2 aromatic heterocycles. The normalized spacial score (nSPS) is 10.4. The quantitative estimate of drug-likeness (QED) is 0.765. The zero-order valence-electron chi connectivity index (χ0n) is 9.88. The van der Waals surface area contributed by atoms with Crippen molar-refractivity contribution in [2.75, 3.05) is 5.32 Å². The summed E-state index contributed by atoms with van der Waals surface area (Å²) in [5, 5.41) is 6.79. The average Bonchev–Trinajstić information content (AvgIpc) is 2.91. The first-order valence-corrected chi connectivity index (χ1v) is 6.96. The summed E-state index contributed by atoms with van der Waals surface area (Å²) in [6.45, 7) is 0. The van der Waals surface area contributed by atoms with Crippen molar-refractivity contribution in [3.63, 3.8) is 0 Å². The van der Waals surface area contributed by atoms with E-state index in [1.165, 1.54) is 0 Å². The lowest BCUT2D eigenvalue weighted by Gasteiger charge is -2.01. The van der Waals surface area contributed by atoms with Crippen LogP contribution in [0.25, 0.3) is 11.4 Å². The molecule has 5 heteroatoms.